The molecular formula is C30H32ClF6N11O3. The first-order valence-electron chi connectivity index (χ1n) is 15.2. The van der Waals surface area contributed by atoms with Crippen LogP contribution in [0.15, 0.2) is 49.1 Å². The minimum Gasteiger partial charge on any atom is -0.447 e. The monoisotopic (exact) mass is 743 g/mol. The number of nitrogens with one attached hydrogen (secondary N) is 3. The van der Waals surface area contributed by atoms with Gasteiger partial charge < -0.3 is 15.4 Å². The van der Waals surface area contributed by atoms with Crippen LogP contribution in [0.5, 0.6) is 0 Å². The van der Waals surface area contributed by atoms with Gasteiger partial charge in [0.1, 0.15) is 42.3 Å². The predicted octanol–water partition coefficient (Wildman–Crippen LogP) is 5.65. The minimum atomic E-state index is -4.75. The van der Waals surface area contributed by atoms with Crippen LogP contribution in [0.25, 0.3) is 11.4 Å². The molecule has 3 N–H and O–H groups in total. The maximum atomic E-state index is 15.1. The van der Waals surface area contributed by atoms with Crippen LogP contribution >= 0.6 is 11.6 Å². The molecule has 1 saturated carbocycles. The van der Waals surface area contributed by atoms with E-state index in [9.17, 15) is 31.5 Å². The molecule has 2 atom stereocenters. The molecular weight excluding hydrogens is 712 g/mol. The number of amides is 2. The van der Waals surface area contributed by atoms with Gasteiger partial charge in [-0.3, -0.25) is 15.1 Å². The van der Waals surface area contributed by atoms with Crippen LogP contribution in [-0.4, -0.2) is 83.6 Å². The number of hydrogen-bond donors (Lipinski definition) is 3. The molecule has 274 valence electrons. The Balaban J connectivity index is 0.00000188. The third kappa shape index (κ3) is 8.62. The highest BCUT2D eigenvalue weighted by Gasteiger charge is 2.64. The summed E-state index contributed by atoms with van der Waals surface area (Å²) in [6, 6.07) is 4.75. The summed E-state index contributed by atoms with van der Waals surface area (Å²) in [5.41, 5.74) is -2.50. The Kier molecular flexibility index (Phi) is 12.3. The molecule has 1 aliphatic carbocycles. The summed E-state index contributed by atoms with van der Waals surface area (Å²) in [6.45, 7) is 3.43. The smallest absolute Gasteiger partial charge is 0.411 e. The molecule has 4 aromatic rings. The summed E-state index contributed by atoms with van der Waals surface area (Å²) >= 11 is 6.29. The van der Waals surface area contributed by atoms with E-state index < -0.39 is 60.5 Å². The molecule has 5 rings (SSSR count). The lowest BCUT2D eigenvalue weighted by molar-refractivity contribution is -0.164. The highest BCUT2D eigenvalue weighted by molar-refractivity contribution is 6.32. The molecule has 0 spiro atoms. The number of hydrogen-bond acceptors (Lipinski definition) is 10. The van der Waals surface area contributed by atoms with Gasteiger partial charge in [0, 0.05) is 0 Å². The van der Waals surface area contributed by atoms with Gasteiger partial charge in [0.05, 0.1) is 23.1 Å². The molecule has 1 fully saturated rings. The number of carbonyl (C=O) groups excluding carboxylic acids is 2. The molecule has 0 radical (unpaired) electrons. The Bertz CT molecular complexity index is 1820. The van der Waals surface area contributed by atoms with E-state index in [-0.39, 0.29) is 40.4 Å². The third-order valence-corrected chi connectivity index (χ3v) is 7.84. The highest BCUT2D eigenvalue weighted by Crippen LogP contribution is 2.49. The minimum absolute atomic E-state index is 0.0375. The van der Waals surface area contributed by atoms with Crippen LogP contribution in [0.1, 0.15) is 68.6 Å². The number of alkyl halides is 5. The summed E-state index contributed by atoms with van der Waals surface area (Å²) in [5, 5.41) is 26.9. The van der Waals surface area contributed by atoms with Gasteiger partial charge in [0.15, 0.2) is 5.82 Å². The molecule has 2 aromatic carbocycles. The zero-order valence-electron chi connectivity index (χ0n) is 27.2. The largest absolute Gasteiger partial charge is 0.447 e. The molecule has 2 aromatic heterocycles. The van der Waals surface area contributed by atoms with Gasteiger partial charge in [-0.2, -0.15) is 23.0 Å². The zero-order valence-corrected chi connectivity index (χ0v) is 28.0. The van der Waals surface area contributed by atoms with Crippen molar-refractivity contribution in [2.45, 2.75) is 63.3 Å². The number of alkyl carbamates (subject to hydrolysis) is 1. The van der Waals surface area contributed by atoms with Crippen molar-refractivity contribution in [1.82, 2.24) is 50.5 Å². The maximum Gasteiger partial charge on any atom is 0.411 e. The normalized spacial score (nSPS) is 14.6. The van der Waals surface area contributed by atoms with Gasteiger partial charge in [-0.15, -0.1) is 5.10 Å². The molecule has 0 unspecified atom stereocenters. The molecule has 51 heavy (non-hydrogen) atoms. The second-order valence-corrected chi connectivity index (χ2v) is 11.5. The van der Waals surface area contributed by atoms with Gasteiger partial charge >= 0.3 is 12.3 Å². The van der Waals surface area contributed by atoms with Crippen molar-refractivity contribution in [1.29, 1.82) is 5.41 Å². The Morgan fingerprint density at radius 1 is 1.14 bits per heavy atom. The Morgan fingerprint density at radius 3 is 2.37 bits per heavy atom. The van der Waals surface area contributed by atoms with Gasteiger partial charge in [-0.1, -0.05) is 44.0 Å². The number of rotatable bonds is 12. The van der Waals surface area contributed by atoms with E-state index in [0.717, 1.165) is 33.0 Å². The zero-order chi connectivity index (χ0) is 37.5. The summed E-state index contributed by atoms with van der Waals surface area (Å²) in [5.74, 6) is -2.48. The lowest BCUT2D eigenvalue weighted by Crippen LogP contribution is -2.49. The molecule has 0 saturated heterocycles. The van der Waals surface area contributed by atoms with Crippen molar-refractivity contribution < 1.29 is 40.7 Å². The number of aromatic nitrogens is 7. The molecule has 14 nitrogen and oxygen atoms in total. The number of likely N-dealkylation sites (N-methyl/N-ethyl adjacent to an activating group) is 1. The van der Waals surface area contributed by atoms with Crippen molar-refractivity contribution in [3.05, 3.63) is 76.8 Å². The van der Waals surface area contributed by atoms with Crippen LogP contribution in [0.3, 0.4) is 0 Å². The average Bonchev–Trinajstić information content (AvgIpc) is 3.44. The summed E-state index contributed by atoms with van der Waals surface area (Å²) in [7, 11) is 1.37. The topological polar surface area (TPSA) is 169 Å². The number of ether oxygens (including phenoxy) is 1. The number of carbonyl (C=O) groups is 2. The van der Waals surface area contributed by atoms with Crippen LogP contribution in [0, 0.1) is 11.2 Å². The molecule has 2 heterocycles. The lowest BCUT2D eigenvalue weighted by atomic mass is 10.0. The van der Waals surface area contributed by atoms with E-state index >= 15 is 4.39 Å². The van der Waals surface area contributed by atoms with Gasteiger partial charge in [0.25, 0.3) is 6.43 Å². The van der Waals surface area contributed by atoms with Gasteiger partial charge in [-0.25, -0.2) is 27.6 Å². The van der Waals surface area contributed by atoms with E-state index in [2.05, 4.69) is 44.8 Å². The second-order valence-electron chi connectivity index (χ2n) is 11.1. The lowest BCUT2D eigenvalue weighted by Gasteiger charge is -2.32. The summed E-state index contributed by atoms with van der Waals surface area (Å²) in [6.07, 6.45) is -6.17. The average molecular weight is 744 g/mol. The number of benzene rings is 2. The van der Waals surface area contributed by atoms with Crippen LogP contribution in [-0.2, 0) is 9.53 Å². The Hall–Kier alpha value is -5.11. The van der Waals surface area contributed by atoms with E-state index in [1.807, 2.05) is 0 Å². The SMILES string of the molecule is CCC.CN[C@@H](C(=O)N(C=N)[C@H](COC(=O)NC1(C(F)(F)F)CC1)c1ccc(Cl)c(-n2ncnc2C(F)F)c1)c1ccc(-n2cnnn2)c(F)c1. The van der Waals surface area contributed by atoms with Crippen molar-refractivity contribution in [2.24, 2.45) is 0 Å². The number of nitrogens with zero attached hydrogens (tertiary/aromatic N) is 8. The van der Waals surface area contributed by atoms with E-state index in [4.69, 9.17) is 21.7 Å². The number of tetrazole rings is 1. The summed E-state index contributed by atoms with van der Waals surface area (Å²) < 4.78 is 89.7. The number of halogens is 7. The fraction of sp³-hybridized carbons (Fsp3) is 0.400. The standard InChI is InChI=1S/C27H24ClF6N11O3.C3H8/c1-36-21(15-3-5-18(17(29)8-15)44-13-38-41-42-44)24(46)43(11-35)20(10-48-25(47)40-26(6-7-26)27(32,33)34)14-2-4-16(28)19(9-14)45-23(22(30)31)37-12-39-45;1-3-2/h2-5,8-9,11-13,20-22,35-36H,6-7,10H2,1H3,(H,40,47);3H2,1-2H3/t20-,21-;/m1./s1. The highest BCUT2D eigenvalue weighted by atomic mass is 35.5. The van der Waals surface area contributed by atoms with E-state index in [1.165, 1.54) is 43.8 Å². The second kappa shape index (κ2) is 16.3. The van der Waals surface area contributed by atoms with Crippen LogP contribution in [0.4, 0.5) is 31.1 Å². The van der Waals surface area contributed by atoms with Gasteiger partial charge in [-0.05, 0) is 65.7 Å². The van der Waals surface area contributed by atoms with Crippen molar-refractivity contribution >= 4 is 29.9 Å². The fourth-order valence-corrected chi connectivity index (χ4v) is 5.06. The third-order valence-electron chi connectivity index (χ3n) is 7.52. The first-order valence-corrected chi connectivity index (χ1v) is 15.6. The van der Waals surface area contributed by atoms with Crippen LogP contribution in [0.2, 0.25) is 5.02 Å². The molecule has 2 amide bonds. The quantitative estimate of drug-likeness (QED) is 0.0944. The van der Waals surface area contributed by atoms with Crippen molar-refractivity contribution in [3.8, 4) is 11.4 Å². The van der Waals surface area contributed by atoms with E-state index in [1.54, 1.807) is 5.32 Å². The fourth-order valence-electron chi connectivity index (χ4n) is 4.86. The first-order chi connectivity index (χ1) is 24.2. The Morgan fingerprint density at radius 2 is 1.82 bits per heavy atom. The van der Waals surface area contributed by atoms with E-state index in [0.29, 0.717) is 6.34 Å². The Labute approximate surface area is 291 Å². The molecule has 1 aliphatic rings. The maximum absolute atomic E-state index is 15.1. The van der Waals surface area contributed by atoms with Crippen molar-refractivity contribution in [3.63, 3.8) is 0 Å². The molecule has 0 bridgehead atoms. The van der Waals surface area contributed by atoms with Crippen molar-refractivity contribution in [2.75, 3.05) is 13.7 Å². The molecule has 21 heteroatoms. The summed E-state index contributed by atoms with van der Waals surface area (Å²) in [4.78, 5) is 30.9. The molecule has 0 aliphatic heterocycles. The first kappa shape index (κ1) is 38.7. The predicted molar refractivity (Wildman–Crippen MR) is 169 cm³/mol. The van der Waals surface area contributed by atoms with Gasteiger partial charge in [0.2, 0.25) is 5.91 Å². The van der Waals surface area contributed by atoms with Crippen LogP contribution < -0.4 is 10.6 Å².